The second-order valence-electron chi connectivity index (χ2n) is 8.02. The first-order valence-corrected chi connectivity index (χ1v) is 9.65. The third-order valence-corrected chi connectivity index (χ3v) is 4.57. The highest BCUT2D eigenvalue weighted by Gasteiger charge is 2.29. The van der Waals surface area contributed by atoms with Crippen molar-refractivity contribution in [2.75, 3.05) is 26.3 Å². The van der Waals surface area contributed by atoms with Gasteiger partial charge in [-0.1, -0.05) is 42.5 Å². The molecule has 6 heteroatoms. The topological polar surface area (TPSA) is 67.9 Å². The van der Waals surface area contributed by atoms with Crippen molar-refractivity contribution in [2.45, 2.75) is 38.8 Å². The molecule has 0 aliphatic carbocycles. The summed E-state index contributed by atoms with van der Waals surface area (Å²) in [6.45, 7) is 7.49. The van der Waals surface area contributed by atoms with E-state index in [2.05, 4.69) is 17.4 Å². The standard InChI is InChI=1S/C22H28N2O4/c1-22(2,3)28-21(26)23-19(20(25)24-10-12-27-13-11-24)15-16-8-9-17-6-4-5-7-18(17)14-16/h4-9,14,19H,10-13,15H2,1-3H3,(H,23,26)/t19-/m0/s1. The van der Waals surface area contributed by atoms with E-state index in [1.165, 1.54) is 0 Å². The Morgan fingerprint density at radius 3 is 2.46 bits per heavy atom. The minimum Gasteiger partial charge on any atom is -0.444 e. The van der Waals surface area contributed by atoms with Gasteiger partial charge in [0.15, 0.2) is 0 Å². The molecule has 0 aromatic heterocycles. The van der Waals surface area contributed by atoms with Crippen molar-refractivity contribution in [1.29, 1.82) is 0 Å². The quantitative estimate of drug-likeness (QED) is 0.879. The molecule has 3 rings (SSSR count). The number of hydrogen-bond acceptors (Lipinski definition) is 4. The van der Waals surface area contributed by atoms with Gasteiger partial charge in [-0.25, -0.2) is 4.79 Å². The fourth-order valence-electron chi connectivity index (χ4n) is 3.26. The fourth-order valence-corrected chi connectivity index (χ4v) is 3.26. The molecule has 0 saturated carbocycles. The molecule has 1 fully saturated rings. The van der Waals surface area contributed by atoms with E-state index < -0.39 is 17.7 Å². The summed E-state index contributed by atoms with van der Waals surface area (Å²) in [5, 5.41) is 5.02. The van der Waals surface area contributed by atoms with E-state index in [1.807, 2.05) is 30.3 Å². The zero-order chi connectivity index (χ0) is 20.1. The van der Waals surface area contributed by atoms with Gasteiger partial charge < -0.3 is 19.7 Å². The number of amides is 2. The van der Waals surface area contributed by atoms with Crippen molar-refractivity contribution in [3.8, 4) is 0 Å². The van der Waals surface area contributed by atoms with Gasteiger partial charge in [0, 0.05) is 19.5 Å². The number of carbonyl (C=O) groups is 2. The molecule has 1 aliphatic heterocycles. The van der Waals surface area contributed by atoms with Crippen LogP contribution in [0.2, 0.25) is 0 Å². The van der Waals surface area contributed by atoms with Crippen LogP contribution in [-0.4, -0.2) is 54.8 Å². The van der Waals surface area contributed by atoms with Gasteiger partial charge in [-0.2, -0.15) is 0 Å². The summed E-state index contributed by atoms with van der Waals surface area (Å²) in [5.74, 6) is -0.109. The van der Waals surface area contributed by atoms with Crippen LogP contribution in [0.4, 0.5) is 4.79 Å². The number of ether oxygens (including phenoxy) is 2. The molecule has 0 radical (unpaired) electrons. The predicted molar refractivity (Wildman–Crippen MR) is 108 cm³/mol. The minimum absolute atomic E-state index is 0.109. The van der Waals surface area contributed by atoms with Gasteiger partial charge in [-0.05, 0) is 37.1 Å². The highest BCUT2D eigenvalue weighted by molar-refractivity contribution is 5.87. The summed E-state index contributed by atoms with van der Waals surface area (Å²) < 4.78 is 10.7. The lowest BCUT2D eigenvalue weighted by Crippen LogP contribution is -2.53. The number of rotatable bonds is 4. The van der Waals surface area contributed by atoms with Gasteiger partial charge in [0.05, 0.1) is 13.2 Å². The van der Waals surface area contributed by atoms with Gasteiger partial charge in [-0.15, -0.1) is 0 Å². The van der Waals surface area contributed by atoms with Gasteiger partial charge in [0.1, 0.15) is 11.6 Å². The summed E-state index contributed by atoms with van der Waals surface area (Å²) in [5.41, 5.74) is 0.362. The van der Waals surface area contributed by atoms with Crippen LogP contribution in [0.25, 0.3) is 10.8 Å². The molecular formula is C22H28N2O4. The van der Waals surface area contributed by atoms with Crippen molar-refractivity contribution in [3.63, 3.8) is 0 Å². The first-order valence-electron chi connectivity index (χ1n) is 9.65. The van der Waals surface area contributed by atoms with E-state index in [1.54, 1.807) is 25.7 Å². The average molecular weight is 384 g/mol. The summed E-state index contributed by atoms with van der Waals surface area (Å²) in [6, 6.07) is 13.5. The van der Waals surface area contributed by atoms with Crippen LogP contribution in [0.1, 0.15) is 26.3 Å². The molecule has 1 aliphatic rings. The normalized spacial score (nSPS) is 15.9. The molecule has 0 spiro atoms. The number of nitrogens with one attached hydrogen (secondary N) is 1. The Bertz CT molecular complexity index is 838. The van der Waals surface area contributed by atoms with Gasteiger partial charge >= 0.3 is 6.09 Å². The fraction of sp³-hybridized carbons (Fsp3) is 0.455. The summed E-state index contributed by atoms with van der Waals surface area (Å²) >= 11 is 0. The third kappa shape index (κ3) is 5.45. The van der Waals surface area contributed by atoms with Crippen molar-refractivity contribution in [3.05, 3.63) is 48.0 Å². The molecule has 1 N–H and O–H groups in total. The number of nitrogens with zero attached hydrogens (tertiary/aromatic N) is 1. The van der Waals surface area contributed by atoms with E-state index in [9.17, 15) is 9.59 Å². The van der Waals surface area contributed by atoms with Crippen LogP contribution in [0.15, 0.2) is 42.5 Å². The maximum atomic E-state index is 13.1. The Balaban J connectivity index is 1.79. The molecule has 1 atom stereocenters. The van der Waals surface area contributed by atoms with E-state index in [4.69, 9.17) is 9.47 Å². The monoisotopic (exact) mass is 384 g/mol. The second-order valence-corrected chi connectivity index (χ2v) is 8.02. The number of morpholine rings is 1. The first-order chi connectivity index (χ1) is 13.3. The van der Waals surface area contributed by atoms with E-state index in [0.717, 1.165) is 16.3 Å². The Labute approximate surface area is 165 Å². The Kier molecular flexibility index (Phi) is 6.19. The van der Waals surface area contributed by atoms with E-state index in [0.29, 0.717) is 32.7 Å². The van der Waals surface area contributed by atoms with Crippen LogP contribution in [0, 0.1) is 0 Å². The van der Waals surface area contributed by atoms with Crippen molar-refractivity contribution < 1.29 is 19.1 Å². The van der Waals surface area contributed by atoms with Crippen molar-refractivity contribution in [2.24, 2.45) is 0 Å². The van der Waals surface area contributed by atoms with Crippen molar-refractivity contribution >= 4 is 22.8 Å². The minimum atomic E-state index is -0.686. The number of hydrogen-bond donors (Lipinski definition) is 1. The maximum absolute atomic E-state index is 13.1. The maximum Gasteiger partial charge on any atom is 0.408 e. The SMILES string of the molecule is CC(C)(C)OC(=O)N[C@@H](Cc1ccc2ccccc2c1)C(=O)N1CCOCC1. The Hall–Kier alpha value is -2.60. The third-order valence-electron chi connectivity index (χ3n) is 4.57. The first kappa shape index (κ1) is 20.1. The van der Waals surface area contributed by atoms with E-state index in [-0.39, 0.29) is 5.91 Å². The van der Waals surface area contributed by atoms with E-state index >= 15 is 0 Å². The molecule has 1 saturated heterocycles. The zero-order valence-corrected chi connectivity index (χ0v) is 16.7. The summed E-state index contributed by atoms with van der Waals surface area (Å²) in [6.07, 6.45) is -0.180. The highest BCUT2D eigenvalue weighted by Crippen LogP contribution is 2.18. The summed E-state index contributed by atoms with van der Waals surface area (Å²) in [4.78, 5) is 27.1. The smallest absolute Gasteiger partial charge is 0.408 e. The molecule has 0 bridgehead atoms. The number of fused-ring (bicyclic) bond motifs is 1. The largest absolute Gasteiger partial charge is 0.444 e. The van der Waals surface area contributed by atoms with Crippen LogP contribution < -0.4 is 5.32 Å². The lowest BCUT2D eigenvalue weighted by Gasteiger charge is -2.31. The Morgan fingerprint density at radius 2 is 1.79 bits per heavy atom. The molecular weight excluding hydrogens is 356 g/mol. The number of alkyl carbamates (subject to hydrolysis) is 1. The van der Waals surface area contributed by atoms with Gasteiger partial charge in [0.25, 0.3) is 0 Å². The zero-order valence-electron chi connectivity index (χ0n) is 16.7. The van der Waals surface area contributed by atoms with Gasteiger partial charge in [0.2, 0.25) is 5.91 Å². The van der Waals surface area contributed by atoms with Crippen LogP contribution in [-0.2, 0) is 20.7 Å². The lowest BCUT2D eigenvalue weighted by molar-refractivity contribution is -0.137. The second kappa shape index (κ2) is 8.61. The lowest BCUT2D eigenvalue weighted by atomic mass is 10.0. The summed E-state index contributed by atoms with van der Waals surface area (Å²) in [7, 11) is 0. The molecule has 2 amide bonds. The average Bonchev–Trinajstić information content (AvgIpc) is 2.66. The molecule has 150 valence electrons. The predicted octanol–water partition coefficient (Wildman–Crippen LogP) is 3.13. The molecule has 2 aromatic rings. The number of benzene rings is 2. The van der Waals surface area contributed by atoms with Crippen LogP contribution in [0.3, 0.4) is 0 Å². The molecule has 28 heavy (non-hydrogen) atoms. The van der Waals surface area contributed by atoms with Crippen LogP contribution in [0.5, 0.6) is 0 Å². The Morgan fingerprint density at radius 1 is 1.11 bits per heavy atom. The molecule has 6 nitrogen and oxygen atoms in total. The van der Waals surface area contributed by atoms with Crippen molar-refractivity contribution in [1.82, 2.24) is 10.2 Å². The number of carbonyl (C=O) groups excluding carboxylic acids is 2. The molecule has 0 unspecified atom stereocenters. The molecule has 1 heterocycles. The highest BCUT2D eigenvalue weighted by atomic mass is 16.6. The molecule has 2 aromatic carbocycles. The van der Waals surface area contributed by atoms with Gasteiger partial charge in [-0.3, -0.25) is 4.79 Å². The van der Waals surface area contributed by atoms with Crippen LogP contribution >= 0.6 is 0 Å².